The number of hydrogen-bond donors (Lipinski definition) is 2. The van der Waals surface area contributed by atoms with E-state index in [9.17, 15) is 4.79 Å². The third-order valence-electron chi connectivity index (χ3n) is 3.14. The number of thiophene rings is 1. The first-order valence-electron chi connectivity index (χ1n) is 5.37. The van der Waals surface area contributed by atoms with Gasteiger partial charge in [0.15, 0.2) is 0 Å². The van der Waals surface area contributed by atoms with Crippen LogP contribution in [0.5, 0.6) is 0 Å². The highest BCUT2D eigenvalue weighted by molar-refractivity contribution is 7.17. The van der Waals surface area contributed by atoms with Gasteiger partial charge in [-0.3, -0.25) is 4.79 Å². The molecule has 0 spiro atoms. The van der Waals surface area contributed by atoms with Crippen LogP contribution < -0.4 is 5.32 Å². The van der Waals surface area contributed by atoms with Crippen molar-refractivity contribution in [1.29, 1.82) is 0 Å². The molecule has 0 saturated heterocycles. The standard InChI is InChI=1S/C11H11N3O2S/c15-10(16)11(2-3-11)5-12-9-8-7(1-4-17-8)13-6-14-9/h1,4,6H,2-3,5H2,(H,15,16)(H,12,13,14). The van der Waals surface area contributed by atoms with E-state index in [2.05, 4.69) is 15.3 Å². The summed E-state index contributed by atoms with van der Waals surface area (Å²) in [6, 6.07) is 1.93. The SMILES string of the molecule is O=C(O)C1(CNc2ncnc3ccsc23)CC1. The maximum atomic E-state index is 11.0. The number of carbonyl (C=O) groups is 1. The van der Waals surface area contributed by atoms with Gasteiger partial charge in [-0.2, -0.15) is 0 Å². The van der Waals surface area contributed by atoms with Crippen molar-refractivity contribution < 1.29 is 9.90 Å². The Labute approximate surface area is 102 Å². The lowest BCUT2D eigenvalue weighted by Gasteiger charge is -2.11. The van der Waals surface area contributed by atoms with Gasteiger partial charge < -0.3 is 10.4 Å². The molecule has 1 aliphatic rings. The van der Waals surface area contributed by atoms with Crippen LogP contribution >= 0.6 is 11.3 Å². The van der Waals surface area contributed by atoms with E-state index in [-0.39, 0.29) is 0 Å². The van der Waals surface area contributed by atoms with Gasteiger partial charge in [0.2, 0.25) is 0 Å². The number of anilines is 1. The molecule has 88 valence electrons. The molecule has 0 radical (unpaired) electrons. The van der Waals surface area contributed by atoms with Crippen molar-refractivity contribution >= 4 is 33.3 Å². The minimum absolute atomic E-state index is 0.437. The van der Waals surface area contributed by atoms with Gasteiger partial charge in [-0.1, -0.05) is 0 Å². The lowest BCUT2D eigenvalue weighted by molar-refractivity contribution is -0.142. The minimum atomic E-state index is -0.721. The van der Waals surface area contributed by atoms with Crippen molar-refractivity contribution in [3.8, 4) is 0 Å². The molecule has 0 atom stereocenters. The molecular weight excluding hydrogens is 238 g/mol. The Morgan fingerprint density at radius 1 is 1.53 bits per heavy atom. The van der Waals surface area contributed by atoms with Crippen molar-refractivity contribution in [1.82, 2.24) is 9.97 Å². The van der Waals surface area contributed by atoms with Crippen LogP contribution in [0.3, 0.4) is 0 Å². The zero-order valence-electron chi connectivity index (χ0n) is 9.01. The molecule has 2 N–H and O–H groups in total. The quantitative estimate of drug-likeness (QED) is 0.866. The Balaban J connectivity index is 1.81. The van der Waals surface area contributed by atoms with Crippen LogP contribution in [0.4, 0.5) is 5.82 Å². The number of nitrogens with one attached hydrogen (secondary N) is 1. The highest BCUT2D eigenvalue weighted by Gasteiger charge is 2.50. The summed E-state index contributed by atoms with van der Waals surface area (Å²) in [4.78, 5) is 19.4. The van der Waals surface area contributed by atoms with E-state index < -0.39 is 11.4 Å². The number of fused-ring (bicyclic) bond motifs is 1. The highest BCUT2D eigenvalue weighted by Crippen LogP contribution is 2.46. The average molecular weight is 249 g/mol. The zero-order chi connectivity index (χ0) is 11.9. The summed E-state index contributed by atoms with van der Waals surface area (Å²) in [5.74, 6) is 0.0130. The number of aliphatic carboxylic acids is 1. The van der Waals surface area contributed by atoms with Crippen LogP contribution in [0.1, 0.15) is 12.8 Å². The Morgan fingerprint density at radius 2 is 2.35 bits per heavy atom. The monoisotopic (exact) mass is 249 g/mol. The maximum Gasteiger partial charge on any atom is 0.311 e. The van der Waals surface area contributed by atoms with Crippen molar-refractivity contribution in [2.75, 3.05) is 11.9 Å². The largest absolute Gasteiger partial charge is 0.481 e. The number of aromatic nitrogens is 2. The van der Waals surface area contributed by atoms with E-state index in [1.807, 2.05) is 11.4 Å². The second-order valence-electron chi connectivity index (χ2n) is 4.30. The van der Waals surface area contributed by atoms with Crippen molar-refractivity contribution in [2.45, 2.75) is 12.8 Å². The molecule has 6 heteroatoms. The van der Waals surface area contributed by atoms with Gasteiger partial charge in [0.25, 0.3) is 0 Å². The smallest absolute Gasteiger partial charge is 0.311 e. The molecule has 0 aliphatic heterocycles. The van der Waals surface area contributed by atoms with E-state index in [1.165, 1.54) is 6.33 Å². The predicted octanol–water partition coefficient (Wildman–Crippen LogP) is 1.97. The van der Waals surface area contributed by atoms with Crippen molar-refractivity contribution in [3.63, 3.8) is 0 Å². The van der Waals surface area contributed by atoms with Gasteiger partial charge in [-0.05, 0) is 24.3 Å². The Hall–Kier alpha value is -1.69. The van der Waals surface area contributed by atoms with Gasteiger partial charge in [-0.25, -0.2) is 9.97 Å². The fraction of sp³-hybridized carbons (Fsp3) is 0.364. The van der Waals surface area contributed by atoms with E-state index in [0.717, 1.165) is 28.9 Å². The topological polar surface area (TPSA) is 75.1 Å². The van der Waals surface area contributed by atoms with Crippen LogP contribution in [-0.4, -0.2) is 27.6 Å². The second kappa shape index (κ2) is 3.66. The number of carboxylic acid groups (broad SMARTS) is 1. The Morgan fingerprint density at radius 3 is 3.06 bits per heavy atom. The van der Waals surface area contributed by atoms with Crippen LogP contribution in [0.2, 0.25) is 0 Å². The number of hydrogen-bond acceptors (Lipinski definition) is 5. The number of carboxylic acids is 1. The van der Waals surface area contributed by atoms with Crippen LogP contribution in [0, 0.1) is 5.41 Å². The molecular formula is C11H11N3O2S. The summed E-state index contributed by atoms with van der Waals surface area (Å²) >= 11 is 1.56. The Bertz CT molecular complexity index is 577. The maximum absolute atomic E-state index is 11.0. The van der Waals surface area contributed by atoms with Gasteiger partial charge in [0.05, 0.1) is 15.6 Å². The molecule has 2 heterocycles. The third-order valence-corrected chi connectivity index (χ3v) is 4.05. The minimum Gasteiger partial charge on any atom is -0.481 e. The summed E-state index contributed by atoms with van der Waals surface area (Å²) in [6.45, 7) is 0.437. The average Bonchev–Trinajstić information content (AvgIpc) is 2.96. The molecule has 5 nitrogen and oxygen atoms in total. The molecule has 1 fully saturated rings. The van der Waals surface area contributed by atoms with E-state index >= 15 is 0 Å². The van der Waals surface area contributed by atoms with Crippen molar-refractivity contribution in [2.24, 2.45) is 5.41 Å². The first-order valence-corrected chi connectivity index (χ1v) is 6.25. The summed E-state index contributed by atoms with van der Waals surface area (Å²) in [7, 11) is 0. The molecule has 2 aromatic heterocycles. The first-order chi connectivity index (χ1) is 8.21. The van der Waals surface area contributed by atoms with Crippen LogP contribution in [0.25, 0.3) is 10.2 Å². The molecule has 1 aliphatic carbocycles. The lowest BCUT2D eigenvalue weighted by atomic mass is 10.1. The summed E-state index contributed by atoms with van der Waals surface area (Å²) in [5, 5.41) is 14.2. The number of nitrogens with zero attached hydrogens (tertiary/aromatic N) is 2. The summed E-state index contributed by atoms with van der Waals surface area (Å²) < 4.78 is 0.980. The molecule has 1 saturated carbocycles. The zero-order valence-corrected chi connectivity index (χ0v) is 9.83. The summed E-state index contributed by atoms with van der Waals surface area (Å²) in [5.41, 5.74) is 0.321. The normalized spacial score (nSPS) is 16.9. The molecule has 0 aromatic carbocycles. The van der Waals surface area contributed by atoms with E-state index in [4.69, 9.17) is 5.11 Å². The van der Waals surface area contributed by atoms with Crippen molar-refractivity contribution in [3.05, 3.63) is 17.8 Å². The molecule has 0 unspecified atom stereocenters. The van der Waals surface area contributed by atoms with E-state index in [0.29, 0.717) is 6.54 Å². The van der Waals surface area contributed by atoms with Gasteiger partial charge in [-0.15, -0.1) is 11.3 Å². The van der Waals surface area contributed by atoms with Gasteiger partial charge >= 0.3 is 5.97 Å². The first kappa shape index (κ1) is 10.5. The second-order valence-corrected chi connectivity index (χ2v) is 5.21. The molecule has 3 rings (SSSR count). The van der Waals surface area contributed by atoms with Gasteiger partial charge in [0, 0.05) is 6.54 Å². The van der Waals surface area contributed by atoms with E-state index in [1.54, 1.807) is 11.3 Å². The fourth-order valence-corrected chi connectivity index (χ4v) is 2.60. The van der Waals surface area contributed by atoms with Gasteiger partial charge in [0.1, 0.15) is 12.1 Å². The summed E-state index contributed by atoms with van der Waals surface area (Å²) in [6.07, 6.45) is 2.99. The molecule has 2 aromatic rings. The Kier molecular flexibility index (Phi) is 2.25. The predicted molar refractivity (Wildman–Crippen MR) is 65.2 cm³/mol. The molecule has 17 heavy (non-hydrogen) atoms. The molecule has 0 bridgehead atoms. The van der Waals surface area contributed by atoms with Crippen LogP contribution in [0.15, 0.2) is 17.8 Å². The third kappa shape index (κ3) is 1.74. The lowest BCUT2D eigenvalue weighted by Crippen LogP contribution is -2.24. The van der Waals surface area contributed by atoms with Crippen LogP contribution in [-0.2, 0) is 4.79 Å². The number of rotatable bonds is 4. The fourth-order valence-electron chi connectivity index (χ4n) is 1.78. The highest BCUT2D eigenvalue weighted by atomic mass is 32.1. The molecule has 0 amide bonds.